The molecule has 1 atom stereocenters. The number of hydrogen-bond donors (Lipinski definition) is 1. The van der Waals surface area contributed by atoms with Crippen LogP contribution < -0.4 is 14.8 Å². The fourth-order valence-corrected chi connectivity index (χ4v) is 1.45. The first kappa shape index (κ1) is 14.8. The van der Waals surface area contributed by atoms with Crippen molar-refractivity contribution in [1.82, 2.24) is 5.32 Å². The van der Waals surface area contributed by atoms with E-state index in [1.165, 1.54) is 21.3 Å². The fraction of sp³-hybridized carbons (Fsp3) is 0.385. The normalized spacial score (nSPS) is 11.4. The summed E-state index contributed by atoms with van der Waals surface area (Å²) in [6.07, 6.45) is 0. The van der Waals surface area contributed by atoms with E-state index in [1.54, 1.807) is 25.1 Å². The number of ether oxygens (including phenoxy) is 3. The topological polar surface area (TPSA) is 73.9 Å². The number of hydrogen-bond acceptors (Lipinski definition) is 5. The van der Waals surface area contributed by atoms with Gasteiger partial charge in [0.1, 0.15) is 17.5 Å². The van der Waals surface area contributed by atoms with Gasteiger partial charge in [0.05, 0.1) is 21.3 Å². The van der Waals surface area contributed by atoms with E-state index >= 15 is 0 Å². The van der Waals surface area contributed by atoms with Gasteiger partial charge in [-0.25, -0.2) is 4.79 Å². The van der Waals surface area contributed by atoms with E-state index in [-0.39, 0.29) is 0 Å². The molecule has 0 aliphatic heterocycles. The number of nitrogens with one attached hydrogen (secondary N) is 1. The highest BCUT2D eigenvalue weighted by Crippen LogP contribution is 2.22. The van der Waals surface area contributed by atoms with Gasteiger partial charge in [-0.2, -0.15) is 0 Å². The molecule has 1 aromatic carbocycles. The summed E-state index contributed by atoms with van der Waals surface area (Å²) in [6.45, 7) is 1.54. The summed E-state index contributed by atoms with van der Waals surface area (Å²) < 4.78 is 14.7. The Morgan fingerprint density at radius 1 is 1.05 bits per heavy atom. The van der Waals surface area contributed by atoms with Crippen molar-refractivity contribution in [2.75, 3.05) is 21.3 Å². The molecule has 104 valence electrons. The van der Waals surface area contributed by atoms with E-state index in [2.05, 4.69) is 10.1 Å². The van der Waals surface area contributed by atoms with Gasteiger partial charge in [0, 0.05) is 11.6 Å². The van der Waals surface area contributed by atoms with Crippen LogP contribution in [0.2, 0.25) is 0 Å². The van der Waals surface area contributed by atoms with Crippen LogP contribution in [0.4, 0.5) is 0 Å². The van der Waals surface area contributed by atoms with E-state index in [0.717, 1.165) is 0 Å². The molecule has 0 aromatic heterocycles. The Morgan fingerprint density at radius 3 is 2.00 bits per heavy atom. The largest absolute Gasteiger partial charge is 0.497 e. The lowest BCUT2D eigenvalue weighted by Gasteiger charge is -2.13. The number of rotatable bonds is 5. The Morgan fingerprint density at radius 2 is 1.58 bits per heavy atom. The van der Waals surface area contributed by atoms with Crippen LogP contribution in [0.25, 0.3) is 0 Å². The summed E-state index contributed by atoms with van der Waals surface area (Å²) in [5.41, 5.74) is 0.340. The van der Waals surface area contributed by atoms with Crippen LogP contribution >= 0.6 is 0 Å². The molecule has 1 aromatic rings. The minimum atomic E-state index is -0.727. The molecule has 0 aliphatic rings. The Kier molecular flexibility index (Phi) is 5.17. The molecule has 1 rings (SSSR count). The van der Waals surface area contributed by atoms with Gasteiger partial charge in [-0.3, -0.25) is 4.79 Å². The summed E-state index contributed by atoms with van der Waals surface area (Å²) in [5.74, 6) is 0.0729. The van der Waals surface area contributed by atoms with Gasteiger partial charge in [-0.05, 0) is 19.1 Å². The SMILES string of the molecule is COC(=O)[C@H](C)NC(=O)c1cc(OC)cc(OC)c1. The molecule has 0 bridgehead atoms. The number of esters is 1. The molecule has 1 N–H and O–H groups in total. The lowest BCUT2D eigenvalue weighted by Crippen LogP contribution is -2.39. The van der Waals surface area contributed by atoms with Gasteiger partial charge in [0.2, 0.25) is 0 Å². The second-order valence-electron chi connectivity index (χ2n) is 3.82. The lowest BCUT2D eigenvalue weighted by molar-refractivity contribution is -0.142. The number of methoxy groups -OCH3 is 3. The molecule has 0 unspecified atom stereocenters. The molecule has 0 saturated carbocycles. The maximum absolute atomic E-state index is 12.0. The summed E-state index contributed by atoms with van der Waals surface area (Å²) >= 11 is 0. The summed E-state index contributed by atoms with van der Waals surface area (Å²) in [7, 11) is 4.25. The smallest absolute Gasteiger partial charge is 0.328 e. The highest BCUT2D eigenvalue weighted by molar-refractivity contribution is 5.97. The highest BCUT2D eigenvalue weighted by atomic mass is 16.5. The average molecular weight is 267 g/mol. The second-order valence-corrected chi connectivity index (χ2v) is 3.82. The fourth-order valence-electron chi connectivity index (χ4n) is 1.45. The third-order valence-corrected chi connectivity index (χ3v) is 2.52. The van der Waals surface area contributed by atoms with Gasteiger partial charge >= 0.3 is 5.97 Å². The van der Waals surface area contributed by atoms with Crippen LogP contribution in [0.1, 0.15) is 17.3 Å². The van der Waals surface area contributed by atoms with Crippen LogP contribution in [0.5, 0.6) is 11.5 Å². The van der Waals surface area contributed by atoms with Crippen molar-refractivity contribution in [2.24, 2.45) is 0 Å². The lowest BCUT2D eigenvalue weighted by atomic mass is 10.1. The van der Waals surface area contributed by atoms with Gasteiger partial charge in [0.15, 0.2) is 0 Å². The molecule has 0 spiro atoms. The first-order chi connectivity index (χ1) is 9.01. The van der Waals surface area contributed by atoms with Gasteiger partial charge in [0.25, 0.3) is 5.91 Å². The number of carbonyl (C=O) groups excluding carboxylic acids is 2. The molecular formula is C13H17NO5. The molecule has 0 aliphatic carbocycles. The zero-order chi connectivity index (χ0) is 14.4. The number of amides is 1. The highest BCUT2D eigenvalue weighted by Gasteiger charge is 2.17. The Bertz CT molecular complexity index is 450. The van der Waals surface area contributed by atoms with Crippen LogP contribution in [0.15, 0.2) is 18.2 Å². The van der Waals surface area contributed by atoms with E-state index in [4.69, 9.17) is 9.47 Å². The molecule has 0 heterocycles. The van der Waals surface area contributed by atoms with Crippen molar-refractivity contribution in [3.63, 3.8) is 0 Å². The van der Waals surface area contributed by atoms with Crippen molar-refractivity contribution in [1.29, 1.82) is 0 Å². The number of carbonyl (C=O) groups is 2. The molecule has 0 saturated heterocycles. The van der Waals surface area contributed by atoms with Crippen molar-refractivity contribution in [3.05, 3.63) is 23.8 Å². The van der Waals surface area contributed by atoms with E-state index in [9.17, 15) is 9.59 Å². The Labute approximate surface area is 111 Å². The zero-order valence-electron chi connectivity index (χ0n) is 11.4. The third kappa shape index (κ3) is 3.87. The quantitative estimate of drug-likeness (QED) is 0.805. The molecule has 6 nitrogen and oxygen atoms in total. The van der Waals surface area contributed by atoms with Crippen LogP contribution in [-0.2, 0) is 9.53 Å². The van der Waals surface area contributed by atoms with Gasteiger partial charge in [-0.1, -0.05) is 0 Å². The van der Waals surface area contributed by atoms with Crippen molar-refractivity contribution in [3.8, 4) is 11.5 Å². The molecule has 1 amide bonds. The Balaban J connectivity index is 2.90. The molecule has 6 heteroatoms. The van der Waals surface area contributed by atoms with Crippen LogP contribution in [-0.4, -0.2) is 39.2 Å². The molecule has 19 heavy (non-hydrogen) atoms. The van der Waals surface area contributed by atoms with Gasteiger partial charge < -0.3 is 19.5 Å². The molecule has 0 radical (unpaired) electrons. The predicted octanol–water partition coefficient (Wildman–Crippen LogP) is 0.995. The van der Waals surface area contributed by atoms with Crippen molar-refractivity contribution >= 4 is 11.9 Å². The second kappa shape index (κ2) is 6.63. The van der Waals surface area contributed by atoms with E-state index in [1.807, 2.05) is 0 Å². The minimum absolute atomic E-state index is 0.340. The minimum Gasteiger partial charge on any atom is -0.497 e. The van der Waals surface area contributed by atoms with E-state index < -0.39 is 17.9 Å². The summed E-state index contributed by atoms with van der Waals surface area (Å²) in [5, 5.41) is 2.52. The van der Waals surface area contributed by atoms with Gasteiger partial charge in [-0.15, -0.1) is 0 Å². The Hall–Kier alpha value is -2.24. The van der Waals surface area contributed by atoms with Crippen LogP contribution in [0.3, 0.4) is 0 Å². The molecular weight excluding hydrogens is 250 g/mol. The van der Waals surface area contributed by atoms with Crippen molar-refractivity contribution in [2.45, 2.75) is 13.0 Å². The number of benzene rings is 1. The average Bonchev–Trinajstić information content (AvgIpc) is 2.45. The zero-order valence-corrected chi connectivity index (χ0v) is 11.4. The standard InChI is InChI=1S/C13H17NO5/c1-8(13(16)19-4)14-12(15)9-5-10(17-2)7-11(6-9)18-3/h5-8H,1-4H3,(H,14,15)/t8-/m0/s1. The summed E-state index contributed by atoms with van der Waals surface area (Å²) in [6, 6.07) is 4.04. The maximum atomic E-state index is 12.0. The first-order valence-corrected chi connectivity index (χ1v) is 5.63. The predicted molar refractivity (Wildman–Crippen MR) is 68.5 cm³/mol. The monoisotopic (exact) mass is 267 g/mol. The van der Waals surface area contributed by atoms with Crippen LogP contribution in [0, 0.1) is 0 Å². The summed E-state index contributed by atoms with van der Waals surface area (Å²) in [4.78, 5) is 23.2. The maximum Gasteiger partial charge on any atom is 0.328 e. The van der Waals surface area contributed by atoms with E-state index in [0.29, 0.717) is 17.1 Å². The first-order valence-electron chi connectivity index (χ1n) is 5.63. The third-order valence-electron chi connectivity index (χ3n) is 2.52. The van der Waals surface area contributed by atoms with Crippen molar-refractivity contribution < 1.29 is 23.8 Å². The molecule has 0 fully saturated rings.